The van der Waals surface area contributed by atoms with Gasteiger partial charge in [-0.2, -0.15) is 0 Å². The van der Waals surface area contributed by atoms with Gasteiger partial charge in [-0.3, -0.25) is 9.59 Å². The average Bonchev–Trinajstić information content (AvgIpc) is 3.43. The number of para-hydroxylation sites is 1. The van der Waals surface area contributed by atoms with Crippen molar-refractivity contribution in [3.8, 4) is 5.75 Å². The third kappa shape index (κ3) is 6.23. The lowest BCUT2D eigenvalue weighted by Crippen LogP contribution is -2.34. The Hall–Kier alpha value is -3.55. The Morgan fingerprint density at radius 2 is 1.87 bits per heavy atom. The number of ether oxygens (including phenoxy) is 1. The van der Waals surface area contributed by atoms with Crippen molar-refractivity contribution < 1.29 is 23.3 Å². The van der Waals surface area contributed by atoms with E-state index in [2.05, 4.69) is 10.5 Å². The monoisotopic (exact) mass is 411 g/mol. The smallest absolute Gasteiger partial charge is 0.273 e. The van der Waals surface area contributed by atoms with Gasteiger partial charge in [-0.05, 0) is 30.2 Å². The first-order valence-electron chi connectivity index (χ1n) is 9.73. The van der Waals surface area contributed by atoms with Gasteiger partial charge in [0.1, 0.15) is 11.5 Å². The summed E-state index contributed by atoms with van der Waals surface area (Å²) in [7, 11) is 0. The molecule has 0 bridgehead atoms. The van der Waals surface area contributed by atoms with Gasteiger partial charge in [-0.15, -0.1) is 0 Å². The number of carbonyl (C=O) groups excluding carboxylic acids is 2. The van der Waals surface area contributed by atoms with Crippen LogP contribution in [0.5, 0.6) is 5.75 Å². The molecule has 0 spiro atoms. The van der Waals surface area contributed by atoms with E-state index in [1.807, 2.05) is 32.0 Å². The molecule has 1 N–H and O–H groups in total. The van der Waals surface area contributed by atoms with Crippen LogP contribution in [-0.4, -0.2) is 35.0 Å². The molecule has 8 nitrogen and oxygen atoms in total. The zero-order chi connectivity index (χ0) is 21.3. The Bertz CT molecular complexity index is 935. The second kappa shape index (κ2) is 10.3. The number of hydrogen-bond acceptors (Lipinski definition) is 6. The minimum atomic E-state index is -0.310. The Morgan fingerprint density at radius 1 is 1.10 bits per heavy atom. The van der Waals surface area contributed by atoms with Gasteiger partial charge in [0.2, 0.25) is 0 Å². The number of benzene rings is 1. The largest absolute Gasteiger partial charge is 0.484 e. The zero-order valence-corrected chi connectivity index (χ0v) is 17.0. The molecule has 2 heterocycles. The minimum absolute atomic E-state index is 0.127. The maximum Gasteiger partial charge on any atom is 0.273 e. The van der Waals surface area contributed by atoms with Crippen LogP contribution in [0.25, 0.3) is 0 Å². The van der Waals surface area contributed by atoms with Crippen LogP contribution in [0, 0.1) is 5.92 Å². The number of amides is 2. The summed E-state index contributed by atoms with van der Waals surface area (Å²) in [6.07, 6.45) is 1.55. The fourth-order valence-electron chi connectivity index (χ4n) is 2.65. The lowest BCUT2D eigenvalue weighted by atomic mass is 10.2. The van der Waals surface area contributed by atoms with Crippen molar-refractivity contribution in [2.45, 2.75) is 26.9 Å². The molecule has 8 heteroatoms. The van der Waals surface area contributed by atoms with Crippen molar-refractivity contribution in [3.63, 3.8) is 0 Å². The molecular formula is C22H25N3O5. The summed E-state index contributed by atoms with van der Waals surface area (Å²) in [5.74, 6) is 1.38. The standard InChI is InChI=1S/C22H25N3O5/c1-16(2)12-23-22(27)20-11-19(30-24-20)14-25(13-18-9-6-10-28-18)21(26)15-29-17-7-4-3-5-8-17/h3-11,16H,12-15H2,1-2H3,(H,23,27). The van der Waals surface area contributed by atoms with Gasteiger partial charge in [0, 0.05) is 12.6 Å². The van der Waals surface area contributed by atoms with Gasteiger partial charge >= 0.3 is 0 Å². The van der Waals surface area contributed by atoms with Crippen LogP contribution in [0.4, 0.5) is 0 Å². The van der Waals surface area contributed by atoms with Crippen LogP contribution >= 0.6 is 0 Å². The van der Waals surface area contributed by atoms with Crippen molar-refractivity contribution in [1.82, 2.24) is 15.4 Å². The molecule has 0 aliphatic carbocycles. The number of aromatic nitrogens is 1. The zero-order valence-electron chi connectivity index (χ0n) is 17.0. The quantitative estimate of drug-likeness (QED) is 0.550. The highest BCUT2D eigenvalue weighted by atomic mass is 16.5. The summed E-state index contributed by atoms with van der Waals surface area (Å²) in [5.41, 5.74) is 0.177. The predicted octanol–water partition coefficient (Wildman–Crippen LogP) is 3.26. The number of furan rings is 1. The fraction of sp³-hybridized carbons (Fsp3) is 0.318. The number of rotatable bonds is 10. The van der Waals surface area contributed by atoms with Crippen molar-refractivity contribution in [2.75, 3.05) is 13.2 Å². The van der Waals surface area contributed by atoms with Crippen LogP contribution in [0.2, 0.25) is 0 Å². The first kappa shape index (κ1) is 21.2. The highest BCUT2D eigenvalue weighted by Gasteiger charge is 2.20. The van der Waals surface area contributed by atoms with Crippen LogP contribution in [-0.2, 0) is 17.9 Å². The van der Waals surface area contributed by atoms with E-state index in [4.69, 9.17) is 13.7 Å². The molecule has 30 heavy (non-hydrogen) atoms. The maximum atomic E-state index is 12.8. The van der Waals surface area contributed by atoms with Crippen molar-refractivity contribution in [1.29, 1.82) is 0 Å². The molecule has 0 fully saturated rings. The fourth-order valence-corrected chi connectivity index (χ4v) is 2.65. The summed E-state index contributed by atoms with van der Waals surface area (Å²) in [5, 5.41) is 6.60. The number of carbonyl (C=O) groups is 2. The Balaban J connectivity index is 1.65. The number of hydrogen-bond donors (Lipinski definition) is 1. The molecular weight excluding hydrogens is 386 g/mol. The summed E-state index contributed by atoms with van der Waals surface area (Å²) in [4.78, 5) is 26.5. The molecule has 2 aromatic heterocycles. The molecule has 1 aromatic carbocycles. The normalized spacial score (nSPS) is 10.8. The van der Waals surface area contributed by atoms with Gasteiger partial charge < -0.3 is 23.9 Å². The predicted molar refractivity (Wildman–Crippen MR) is 109 cm³/mol. The molecule has 0 aliphatic rings. The summed E-state index contributed by atoms with van der Waals surface area (Å²) >= 11 is 0. The van der Waals surface area contributed by atoms with Crippen LogP contribution in [0.1, 0.15) is 35.9 Å². The maximum absolute atomic E-state index is 12.8. The second-order valence-electron chi connectivity index (χ2n) is 7.21. The topological polar surface area (TPSA) is 97.8 Å². The highest BCUT2D eigenvalue weighted by Crippen LogP contribution is 2.14. The first-order valence-corrected chi connectivity index (χ1v) is 9.73. The van der Waals surface area contributed by atoms with Gasteiger partial charge in [-0.1, -0.05) is 37.2 Å². The third-order valence-corrected chi connectivity index (χ3v) is 4.19. The van der Waals surface area contributed by atoms with Crippen molar-refractivity contribution in [2.24, 2.45) is 5.92 Å². The van der Waals surface area contributed by atoms with Gasteiger partial charge in [0.25, 0.3) is 11.8 Å². The van der Waals surface area contributed by atoms with Crippen LogP contribution < -0.4 is 10.1 Å². The van der Waals surface area contributed by atoms with E-state index in [1.54, 1.807) is 30.5 Å². The van der Waals surface area contributed by atoms with Crippen molar-refractivity contribution >= 4 is 11.8 Å². The Labute approximate surface area is 174 Å². The average molecular weight is 411 g/mol. The molecule has 0 saturated heterocycles. The molecule has 3 aromatic rings. The van der Waals surface area contributed by atoms with Gasteiger partial charge in [0.15, 0.2) is 18.1 Å². The minimum Gasteiger partial charge on any atom is -0.484 e. The van der Waals surface area contributed by atoms with E-state index in [1.165, 1.54) is 11.0 Å². The molecule has 158 valence electrons. The van der Waals surface area contributed by atoms with E-state index in [9.17, 15) is 9.59 Å². The number of nitrogens with zero attached hydrogens (tertiary/aromatic N) is 2. The van der Waals surface area contributed by atoms with E-state index >= 15 is 0 Å². The second-order valence-corrected chi connectivity index (χ2v) is 7.21. The van der Waals surface area contributed by atoms with Gasteiger partial charge in [0.05, 0.1) is 19.4 Å². The molecule has 0 atom stereocenters. The SMILES string of the molecule is CC(C)CNC(=O)c1cc(CN(Cc2ccco2)C(=O)COc2ccccc2)on1. The molecule has 0 unspecified atom stereocenters. The molecule has 3 rings (SSSR count). The van der Waals surface area contributed by atoms with Gasteiger partial charge in [-0.25, -0.2) is 0 Å². The molecule has 2 amide bonds. The third-order valence-electron chi connectivity index (χ3n) is 4.19. The highest BCUT2D eigenvalue weighted by molar-refractivity contribution is 5.92. The Morgan fingerprint density at radius 3 is 2.57 bits per heavy atom. The number of nitrogens with one attached hydrogen (secondary N) is 1. The van der Waals surface area contributed by atoms with E-state index in [0.717, 1.165) is 0 Å². The summed E-state index contributed by atoms with van der Waals surface area (Å²) < 4.78 is 16.2. The van der Waals surface area contributed by atoms with Crippen molar-refractivity contribution in [3.05, 3.63) is 72.0 Å². The lowest BCUT2D eigenvalue weighted by Gasteiger charge is -2.20. The van der Waals surface area contributed by atoms with Crippen LogP contribution in [0.3, 0.4) is 0 Å². The Kier molecular flexibility index (Phi) is 7.26. The first-order chi connectivity index (χ1) is 14.5. The molecule has 0 aliphatic heterocycles. The van der Waals surface area contributed by atoms with E-state index < -0.39 is 0 Å². The summed E-state index contributed by atoms with van der Waals surface area (Å²) in [6, 6.07) is 14.2. The lowest BCUT2D eigenvalue weighted by molar-refractivity contribution is -0.135. The molecule has 0 saturated carbocycles. The van der Waals surface area contributed by atoms with Crippen LogP contribution in [0.15, 0.2) is 63.7 Å². The summed E-state index contributed by atoms with van der Waals surface area (Å²) in [6.45, 7) is 4.78. The van der Waals surface area contributed by atoms with E-state index in [-0.39, 0.29) is 37.2 Å². The van der Waals surface area contributed by atoms with E-state index in [0.29, 0.717) is 29.7 Å². The molecule has 0 radical (unpaired) electrons.